The van der Waals surface area contributed by atoms with Crippen molar-refractivity contribution in [1.29, 1.82) is 5.41 Å². The first kappa shape index (κ1) is 14.4. The maximum atomic E-state index is 7.57. The fourth-order valence-corrected chi connectivity index (χ4v) is 3.34. The van der Waals surface area contributed by atoms with E-state index in [2.05, 4.69) is 14.8 Å². The maximum Gasteiger partial charge on any atom is 0.191 e. The second-order valence-electron chi connectivity index (χ2n) is 5.76. The predicted octanol–water partition coefficient (Wildman–Crippen LogP) is 2.45. The summed E-state index contributed by atoms with van der Waals surface area (Å²) in [4.78, 5) is 0. The minimum atomic E-state index is -0.228. The molecule has 1 aliphatic rings. The first-order valence-corrected chi connectivity index (χ1v) is 7.88. The van der Waals surface area contributed by atoms with Gasteiger partial charge in [0.05, 0.1) is 5.84 Å². The number of aromatic nitrogens is 3. The summed E-state index contributed by atoms with van der Waals surface area (Å²) in [7, 11) is 0. The van der Waals surface area contributed by atoms with E-state index in [9.17, 15) is 0 Å². The molecular formula is C13H23N5S. The quantitative estimate of drug-likeness (QED) is 0.493. The highest BCUT2D eigenvalue weighted by Gasteiger charge is 2.22. The summed E-state index contributed by atoms with van der Waals surface area (Å²) in [6, 6.07) is 0. The van der Waals surface area contributed by atoms with E-state index >= 15 is 0 Å². The van der Waals surface area contributed by atoms with Gasteiger partial charge in [-0.2, -0.15) is 0 Å². The fourth-order valence-electron chi connectivity index (χ4n) is 2.10. The number of nitrogens with two attached hydrogens (primary N) is 1. The number of amidine groups is 1. The molecule has 2 heterocycles. The molecule has 1 aliphatic heterocycles. The van der Waals surface area contributed by atoms with Crippen molar-refractivity contribution in [1.82, 2.24) is 14.8 Å². The molecule has 6 heteroatoms. The van der Waals surface area contributed by atoms with Gasteiger partial charge in [0.2, 0.25) is 0 Å². The lowest BCUT2D eigenvalue weighted by Crippen LogP contribution is -2.31. The monoisotopic (exact) mass is 281 g/mol. The molecule has 5 nitrogen and oxygen atoms in total. The molecule has 0 bridgehead atoms. The van der Waals surface area contributed by atoms with Gasteiger partial charge >= 0.3 is 0 Å². The summed E-state index contributed by atoms with van der Waals surface area (Å²) in [5.41, 5.74) is 5.37. The molecule has 1 aromatic rings. The molecule has 0 unspecified atom stereocenters. The van der Waals surface area contributed by atoms with Crippen LogP contribution in [0.1, 0.15) is 45.4 Å². The molecule has 0 amide bonds. The Morgan fingerprint density at radius 1 is 1.37 bits per heavy atom. The third kappa shape index (κ3) is 3.49. The Labute approximate surface area is 118 Å². The second-order valence-corrected chi connectivity index (χ2v) is 6.82. The van der Waals surface area contributed by atoms with Gasteiger partial charge in [-0.05, 0) is 19.3 Å². The zero-order chi connectivity index (χ0) is 13.9. The number of fused-ring (bicyclic) bond motifs is 1. The van der Waals surface area contributed by atoms with Gasteiger partial charge in [-0.3, -0.25) is 5.41 Å². The third-order valence-corrected chi connectivity index (χ3v) is 4.73. The Balaban J connectivity index is 1.94. The molecule has 19 heavy (non-hydrogen) atoms. The molecule has 0 aliphatic carbocycles. The van der Waals surface area contributed by atoms with Gasteiger partial charge in [0.1, 0.15) is 5.82 Å². The number of nitrogens with zero attached hydrogens (tertiary/aromatic N) is 3. The Hall–Kier alpha value is -1.04. The number of rotatable bonds is 5. The minimum Gasteiger partial charge on any atom is -0.387 e. The summed E-state index contributed by atoms with van der Waals surface area (Å²) >= 11 is 1.73. The van der Waals surface area contributed by atoms with Gasteiger partial charge in [-0.1, -0.05) is 32.0 Å². The Morgan fingerprint density at radius 3 is 2.89 bits per heavy atom. The van der Waals surface area contributed by atoms with E-state index in [4.69, 9.17) is 11.1 Å². The van der Waals surface area contributed by atoms with Crippen LogP contribution in [0.4, 0.5) is 0 Å². The predicted molar refractivity (Wildman–Crippen MR) is 78.6 cm³/mol. The standard InChI is InChI=1S/C13H23N5S/c1-13(2,11(14)15)7-9-19-12-17-16-10-6-4-3-5-8-18(10)12/h3-9H2,1-2H3,(H3,14,15). The molecule has 0 saturated carbocycles. The number of hydrogen-bond acceptors (Lipinski definition) is 4. The van der Waals surface area contributed by atoms with E-state index in [1.54, 1.807) is 11.8 Å². The van der Waals surface area contributed by atoms with Gasteiger partial charge in [0, 0.05) is 24.1 Å². The molecule has 1 aromatic heterocycles. The number of aryl methyl sites for hydroxylation is 1. The lowest BCUT2D eigenvalue weighted by Gasteiger charge is -2.22. The zero-order valence-corrected chi connectivity index (χ0v) is 12.6. The topological polar surface area (TPSA) is 80.6 Å². The largest absolute Gasteiger partial charge is 0.387 e. The zero-order valence-electron chi connectivity index (χ0n) is 11.8. The van der Waals surface area contributed by atoms with Crippen molar-refractivity contribution >= 4 is 17.6 Å². The van der Waals surface area contributed by atoms with Gasteiger partial charge in [-0.25, -0.2) is 0 Å². The van der Waals surface area contributed by atoms with E-state index in [-0.39, 0.29) is 11.3 Å². The van der Waals surface area contributed by atoms with Crippen molar-refractivity contribution in [2.24, 2.45) is 11.1 Å². The van der Waals surface area contributed by atoms with Crippen LogP contribution in [0, 0.1) is 10.8 Å². The third-order valence-electron chi connectivity index (χ3n) is 3.76. The highest BCUT2D eigenvalue weighted by Crippen LogP contribution is 2.27. The molecule has 0 aromatic carbocycles. The Morgan fingerprint density at radius 2 is 2.16 bits per heavy atom. The van der Waals surface area contributed by atoms with Crippen LogP contribution < -0.4 is 5.73 Å². The van der Waals surface area contributed by atoms with Gasteiger partial charge < -0.3 is 10.3 Å². The van der Waals surface area contributed by atoms with E-state index in [0.29, 0.717) is 0 Å². The van der Waals surface area contributed by atoms with E-state index in [0.717, 1.165) is 36.1 Å². The number of thioether (sulfide) groups is 1. The van der Waals surface area contributed by atoms with Crippen LogP contribution >= 0.6 is 11.8 Å². The summed E-state index contributed by atoms with van der Waals surface area (Å²) in [6.45, 7) is 5.07. The minimum absolute atomic E-state index is 0.228. The summed E-state index contributed by atoms with van der Waals surface area (Å²) in [5.74, 6) is 2.31. The lowest BCUT2D eigenvalue weighted by atomic mass is 9.89. The van der Waals surface area contributed by atoms with Gasteiger partial charge in [0.15, 0.2) is 5.16 Å². The first-order valence-electron chi connectivity index (χ1n) is 6.90. The smallest absolute Gasteiger partial charge is 0.191 e. The summed E-state index contributed by atoms with van der Waals surface area (Å²) < 4.78 is 2.26. The van der Waals surface area contributed by atoms with Crippen molar-refractivity contribution in [3.05, 3.63) is 5.82 Å². The average molecular weight is 281 g/mol. The maximum absolute atomic E-state index is 7.57. The van der Waals surface area contributed by atoms with E-state index in [1.165, 1.54) is 19.3 Å². The molecule has 2 rings (SSSR count). The van der Waals surface area contributed by atoms with Crippen LogP contribution in [-0.4, -0.2) is 26.4 Å². The SMILES string of the molecule is CC(C)(CCSc1nnc2n1CCCCC2)C(=N)N. The van der Waals surface area contributed by atoms with Crippen molar-refractivity contribution in [3.63, 3.8) is 0 Å². The number of hydrogen-bond donors (Lipinski definition) is 2. The van der Waals surface area contributed by atoms with Gasteiger partial charge in [0.25, 0.3) is 0 Å². The van der Waals surface area contributed by atoms with E-state index < -0.39 is 0 Å². The van der Waals surface area contributed by atoms with Gasteiger partial charge in [-0.15, -0.1) is 10.2 Å². The summed E-state index contributed by atoms with van der Waals surface area (Å²) in [5, 5.41) is 17.2. The molecule has 0 spiro atoms. The van der Waals surface area contributed by atoms with Crippen molar-refractivity contribution in [2.75, 3.05) is 5.75 Å². The molecule has 0 atom stereocenters. The Kier molecular flexibility index (Phi) is 4.50. The normalized spacial score (nSPS) is 15.9. The number of nitrogens with one attached hydrogen (secondary N) is 1. The average Bonchev–Trinajstić information content (AvgIpc) is 2.59. The molecule has 0 saturated heterocycles. The summed E-state index contributed by atoms with van der Waals surface area (Å²) in [6.07, 6.45) is 5.66. The fraction of sp³-hybridized carbons (Fsp3) is 0.769. The highest BCUT2D eigenvalue weighted by molar-refractivity contribution is 7.99. The Bertz CT molecular complexity index is 452. The van der Waals surface area contributed by atoms with Crippen LogP contribution in [0.3, 0.4) is 0 Å². The molecule has 3 N–H and O–H groups in total. The first-order chi connectivity index (χ1) is 9.00. The van der Waals surface area contributed by atoms with Crippen LogP contribution in [0.5, 0.6) is 0 Å². The van der Waals surface area contributed by atoms with E-state index in [1.807, 2.05) is 13.8 Å². The second kappa shape index (κ2) is 5.94. The van der Waals surface area contributed by atoms with Crippen LogP contribution in [0.25, 0.3) is 0 Å². The molecule has 0 radical (unpaired) electrons. The molecule has 0 fully saturated rings. The lowest BCUT2D eigenvalue weighted by molar-refractivity contribution is 0.499. The molecule has 106 valence electrons. The highest BCUT2D eigenvalue weighted by atomic mass is 32.2. The van der Waals surface area contributed by atoms with Crippen molar-refractivity contribution < 1.29 is 0 Å². The molecular weight excluding hydrogens is 258 g/mol. The van der Waals surface area contributed by atoms with Crippen LogP contribution in [0.15, 0.2) is 5.16 Å². The van der Waals surface area contributed by atoms with Crippen molar-refractivity contribution in [2.45, 2.75) is 57.7 Å². The van der Waals surface area contributed by atoms with Crippen LogP contribution in [-0.2, 0) is 13.0 Å². The van der Waals surface area contributed by atoms with Crippen molar-refractivity contribution in [3.8, 4) is 0 Å². The van der Waals surface area contributed by atoms with Crippen LogP contribution in [0.2, 0.25) is 0 Å².